The highest BCUT2D eigenvalue weighted by molar-refractivity contribution is 7.99. The molecule has 0 unspecified atom stereocenters. The highest BCUT2D eigenvalue weighted by atomic mass is 32.2. The van der Waals surface area contributed by atoms with Crippen molar-refractivity contribution in [1.29, 1.82) is 0 Å². The fourth-order valence-corrected chi connectivity index (χ4v) is 2.49. The normalized spacial score (nSPS) is 10.6. The molecule has 6 heteroatoms. The minimum Gasteiger partial charge on any atom is -0.345 e. The second-order valence-electron chi connectivity index (χ2n) is 4.52. The molecule has 0 saturated heterocycles. The van der Waals surface area contributed by atoms with Gasteiger partial charge in [-0.3, -0.25) is 9.36 Å². The molecular weight excluding hydrogens is 272 g/mol. The number of hydrogen-bond acceptors (Lipinski definition) is 4. The molecule has 0 bridgehead atoms. The number of carbonyl (C=O) groups is 1. The molecule has 20 heavy (non-hydrogen) atoms. The number of nitrogens with zero attached hydrogens (tertiary/aromatic N) is 4. The SMILES string of the molecule is CCN(C)C(=O)CSc1nncn1-c1ccc(C)cc1. The van der Waals surface area contributed by atoms with Crippen LogP contribution in [0.5, 0.6) is 0 Å². The van der Waals surface area contributed by atoms with Gasteiger partial charge in [-0.1, -0.05) is 29.5 Å². The molecule has 0 fully saturated rings. The molecule has 1 amide bonds. The second kappa shape index (κ2) is 6.56. The Morgan fingerprint density at radius 1 is 1.35 bits per heavy atom. The molecule has 0 aliphatic carbocycles. The van der Waals surface area contributed by atoms with Gasteiger partial charge in [0.1, 0.15) is 6.33 Å². The summed E-state index contributed by atoms with van der Waals surface area (Å²) in [7, 11) is 1.80. The smallest absolute Gasteiger partial charge is 0.232 e. The van der Waals surface area contributed by atoms with E-state index in [2.05, 4.69) is 10.2 Å². The van der Waals surface area contributed by atoms with Crippen LogP contribution in [-0.2, 0) is 4.79 Å². The Balaban J connectivity index is 2.09. The first-order valence-corrected chi connectivity index (χ1v) is 7.44. The zero-order chi connectivity index (χ0) is 14.5. The first-order valence-electron chi connectivity index (χ1n) is 6.45. The Morgan fingerprint density at radius 3 is 2.70 bits per heavy atom. The predicted octanol–water partition coefficient (Wildman–Crippen LogP) is 2.15. The van der Waals surface area contributed by atoms with Gasteiger partial charge in [0.05, 0.1) is 5.75 Å². The molecule has 2 rings (SSSR count). The van der Waals surface area contributed by atoms with Crippen molar-refractivity contribution in [3.8, 4) is 5.69 Å². The van der Waals surface area contributed by atoms with Crippen molar-refractivity contribution in [2.24, 2.45) is 0 Å². The fraction of sp³-hybridized carbons (Fsp3) is 0.357. The summed E-state index contributed by atoms with van der Waals surface area (Å²) < 4.78 is 1.89. The molecule has 0 aliphatic heterocycles. The lowest BCUT2D eigenvalue weighted by atomic mass is 10.2. The summed E-state index contributed by atoms with van der Waals surface area (Å²) in [6.45, 7) is 4.71. The minimum atomic E-state index is 0.0935. The van der Waals surface area contributed by atoms with E-state index in [-0.39, 0.29) is 5.91 Å². The van der Waals surface area contributed by atoms with Gasteiger partial charge in [-0.15, -0.1) is 10.2 Å². The molecule has 0 radical (unpaired) electrons. The molecule has 0 aliphatic rings. The first-order chi connectivity index (χ1) is 9.61. The average Bonchev–Trinajstić information content (AvgIpc) is 2.93. The third-order valence-corrected chi connectivity index (χ3v) is 3.98. The maximum atomic E-state index is 11.8. The third-order valence-electron chi connectivity index (χ3n) is 3.05. The van der Waals surface area contributed by atoms with Crippen LogP contribution < -0.4 is 0 Å². The number of rotatable bonds is 5. The molecular formula is C14H18N4OS. The van der Waals surface area contributed by atoms with Gasteiger partial charge in [0.15, 0.2) is 5.16 Å². The van der Waals surface area contributed by atoms with Gasteiger partial charge in [-0.2, -0.15) is 0 Å². The van der Waals surface area contributed by atoms with Crippen molar-refractivity contribution in [2.45, 2.75) is 19.0 Å². The molecule has 1 aromatic carbocycles. The molecule has 1 aromatic heterocycles. The second-order valence-corrected chi connectivity index (χ2v) is 5.46. The van der Waals surface area contributed by atoms with E-state index in [1.54, 1.807) is 18.3 Å². The number of benzene rings is 1. The van der Waals surface area contributed by atoms with Crippen LogP contribution in [0.25, 0.3) is 5.69 Å². The monoisotopic (exact) mass is 290 g/mol. The van der Waals surface area contributed by atoms with Crippen LogP contribution in [0.4, 0.5) is 0 Å². The number of amides is 1. The van der Waals surface area contributed by atoms with Crippen LogP contribution in [0.3, 0.4) is 0 Å². The molecule has 0 atom stereocenters. The van der Waals surface area contributed by atoms with E-state index in [9.17, 15) is 4.79 Å². The molecule has 0 spiro atoms. The molecule has 0 saturated carbocycles. The quantitative estimate of drug-likeness (QED) is 0.792. The van der Waals surface area contributed by atoms with Crippen molar-refractivity contribution in [3.05, 3.63) is 36.2 Å². The number of thioether (sulfide) groups is 1. The summed E-state index contributed by atoms with van der Waals surface area (Å²) in [5.41, 5.74) is 2.20. The van der Waals surface area contributed by atoms with Crippen LogP contribution >= 0.6 is 11.8 Å². The summed E-state index contributed by atoms with van der Waals surface area (Å²) in [6.07, 6.45) is 1.67. The van der Waals surface area contributed by atoms with Crippen LogP contribution in [0.15, 0.2) is 35.7 Å². The van der Waals surface area contributed by atoms with E-state index >= 15 is 0 Å². The minimum absolute atomic E-state index is 0.0935. The predicted molar refractivity (Wildman–Crippen MR) is 80.1 cm³/mol. The van der Waals surface area contributed by atoms with Crippen LogP contribution in [0.1, 0.15) is 12.5 Å². The molecule has 2 aromatic rings. The maximum absolute atomic E-state index is 11.8. The lowest BCUT2D eigenvalue weighted by molar-refractivity contribution is -0.126. The number of aromatic nitrogens is 3. The third kappa shape index (κ3) is 3.39. The largest absolute Gasteiger partial charge is 0.345 e. The van der Waals surface area contributed by atoms with E-state index < -0.39 is 0 Å². The Kier molecular flexibility index (Phi) is 4.79. The lowest BCUT2D eigenvalue weighted by Crippen LogP contribution is -2.27. The Morgan fingerprint density at radius 2 is 2.05 bits per heavy atom. The maximum Gasteiger partial charge on any atom is 0.232 e. The number of carbonyl (C=O) groups excluding carboxylic acids is 1. The Hall–Kier alpha value is -1.82. The summed E-state index contributed by atoms with van der Waals surface area (Å²) in [6, 6.07) is 8.12. The zero-order valence-electron chi connectivity index (χ0n) is 11.9. The van der Waals surface area contributed by atoms with Gasteiger partial charge in [0.25, 0.3) is 0 Å². The molecule has 0 N–H and O–H groups in total. The van der Waals surface area contributed by atoms with Gasteiger partial charge in [0.2, 0.25) is 5.91 Å². The van der Waals surface area contributed by atoms with E-state index in [1.807, 2.05) is 42.7 Å². The summed E-state index contributed by atoms with van der Waals surface area (Å²) >= 11 is 1.40. The van der Waals surface area contributed by atoms with E-state index in [1.165, 1.54) is 17.3 Å². The van der Waals surface area contributed by atoms with Crippen molar-refractivity contribution in [3.63, 3.8) is 0 Å². The topological polar surface area (TPSA) is 51.0 Å². The van der Waals surface area contributed by atoms with E-state index in [4.69, 9.17) is 0 Å². The van der Waals surface area contributed by atoms with Crippen molar-refractivity contribution < 1.29 is 4.79 Å². The van der Waals surface area contributed by atoms with Gasteiger partial charge in [-0.25, -0.2) is 0 Å². The number of hydrogen-bond donors (Lipinski definition) is 0. The Bertz CT molecular complexity index is 579. The van der Waals surface area contributed by atoms with E-state index in [0.717, 1.165) is 10.8 Å². The van der Waals surface area contributed by atoms with Crippen LogP contribution in [0.2, 0.25) is 0 Å². The van der Waals surface area contributed by atoms with Gasteiger partial charge in [-0.05, 0) is 26.0 Å². The summed E-state index contributed by atoms with van der Waals surface area (Å²) in [5.74, 6) is 0.463. The van der Waals surface area contributed by atoms with Gasteiger partial charge in [0, 0.05) is 19.3 Å². The summed E-state index contributed by atoms with van der Waals surface area (Å²) in [4.78, 5) is 13.5. The molecule has 1 heterocycles. The summed E-state index contributed by atoms with van der Waals surface area (Å²) in [5, 5.41) is 8.74. The standard InChI is InChI=1S/C14H18N4OS/c1-4-17(3)13(19)9-20-14-16-15-10-18(14)12-7-5-11(2)6-8-12/h5-8,10H,4,9H2,1-3H3. The number of aryl methyl sites for hydroxylation is 1. The van der Waals surface area contributed by atoms with Crippen LogP contribution in [0, 0.1) is 6.92 Å². The zero-order valence-corrected chi connectivity index (χ0v) is 12.7. The van der Waals surface area contributed by atoms with Crippen molar-refractivity contribution in [2.75, 3.05) is 19.3 Å². The molecule has 5 nitrogen and oxygen atoms in total. The fourth-order valence-electron chi connectivity index (χ4n) is 1.62. The van der Waals surface area contributed by atoms with E-state index in [0.29, 0.717) is 12.3 Å². The Labute approximate surface area is 123 Å². The first kappa shape index (κ1) is 14.6. The highest BCUT2D eigenvalue weighted by Gasteiger charge is 2.12. The lowest BCUT2D eigenvalue weighted by Gasteiger charge is -2.13. The molecule has 106 valence electrons. The van der Waals surface area contributed by atoms with Gasteiger partial charge < -0.3 is 4.90 Å². The highest BCUT2D eigenvalue weighted by Crippen LogP contribution is 2.20. The van der Waals surface area contributed by atoms with Gasteiger partial charge >= 0.3 is 0 Å². The van der Waals surface area contributed by atoms with Crippen LogP contribution in [-0.4, -0.2) is 44.9 Å². The van der Waals surface area contributed by atoms with Crippen molar-refractivity contribution >= 4 is 17.7 Å². The average molecular weight is 290 g/mol. The van der Waals surface area contributed by atoms with Crippen molar-refractivity contribution in [1.82, 2.24) is 19.7 Å².